The molecule has 3 nitrogen and oxygen atoms in total. The number of hydrazine groups is 1. The van der Waals surface area contributed by atoms with Gasteiger partial charge in [-0.3, -0.25) is 11.3 Å². The molecule has 3 heteroatoms. The molecular formula is C6H16N2O. The average molecular weight is 132 g/mol. The molecule has 0 aliphatic rings. The van der Waals surface area contributed by atoms with Gasteiger partial charge in [-0.1, -0.05) is 13.3 Å². The van der Waals surface area contributed by atoms with Crippen LogP contribution in [0.3, 0.4) is 0 Å². The molecule has 4 N–H and O–H groups in total. The van der Waals surface area contributed by atoms with Crippen LogP contribution in [-0.2, 0) is 0 Å². The Kier molecular flexibility index (Phi) is 5.93. The van der Waals surface area contributed by atoms with Crippen LogP contribution in [0.25, 0.3) is 0 Å². The standard InChI is InChI=1S/C6H16N2O/c1-2-3-6(5-9)4-8-7/h6,8-9H,2-5,7H2,1H3. The second-order valence-electron chi connectivity index (χ2n) is 2.25. The van der Waals surface area contributed by atoms with Crippen LogP contribution in [0, 0.1) is 5.92 Å². The van der Waals surface area contributed by atoms with Gasteiger partial charge in [0.25, 0.3) is 0 Å². The van der Waals surface area contributed by atoms with Crippen molar-refractivity contribution in [2.24, 2.45) is 11.8 Å². The predicted octanol–water partition coefficient (Wildman–Crippen LogP) is -0.142. The third-order valence-electron chi connectivity index (χ3n) is 1.36. The largest absolute Gasteiger partial charge is 0.396 e. The average Bonchev–Trinajstić information content (AvgIpc) is 1.88. The van der Waals surface area contributed by atoms with E-state index >= 15 is 0 Å². The van der Waals surface area contributed by atoms with Gasteiger partial charge in [-0.25, -0.2) is 0 Å². The van der Waals surface area contributed by atoms with Gasteiger partial charge in [0.1, 0.15) is 0 Å². The van der Waals surface area contributed by atoms with E-state index in [1.54, 1.807) is 0 Å². The molecule has 0 aromatic rings. The van der Waals surface area contributed by atoms with Crippen molar-refractivity contribution >= 4 is 0 Å². The first-order valence-electron chi connectivity index (χ1n) is 3.39. The number of nitrogens with one attached hydrogen (secondary N) is 1. The second kappa shape index (κ2) is 6.01. The first kappa shape index (κ1) is 8.88. The maximum absolute atomic E-state index is 8.69. The van der Waals surface area contributed by atoms with Gasteiger partial charge in [-0.15, -0.1) is 0 Å². The van der Waals surface area contributed by atoms with E-state index in [-0.39, 0.29) is 6.61 Å². The third-order valence-corrected chi connectivity index (χ3v) is 1.36. The molecule has 0 spiro atoms. The summed E-state index contributed by atoms with van der Waals surface area (Å²) in [6.45, 7) is 3.04. The maximum atomic E-state index is 8.69. The van der Waals surface area contributed by atoms with Crippen LogP contribution in [0.5, 0.6) is 0 Å². The van der Waals surface area contributed by atoms with Crippen molar-refractivity contribution in [1.82, 2.24) is 5.43 Å². The smallest absolute Gasteiger partial charge is 0.0471 e. The first-order chi connectivity index (χ1) is 4.35. The summed E-state index contributed by atoms with van der Waals surface area (Å²) < 4.78 is 0. The molecule has 0 aliphatic carbocycles. The molecule has 0 aromatic carbocycles. The minimum Gasteiger partial charge on any atom is -0.396 e. The van der Waals surface area contributed by atoms with Crippen molar-refractivity contribution in [3.05, 3.63) is 0 Å². The maximum Gasteiger partial charge on any atom is 0.0471 e. The molecule has 1 atom stereocenters. The van der Waals surface area contributed by atoms with Crippen LogP contribution in [0.1, 0.15) is 19.8 Å². The summed E-state index contributed by atoms with van der Waals surface area (Å²) in [5, 5.41) is 8.69. The van der Waals surface area contributed by atoms with Gasteiger partial charge in [-0.05, 0) is 12.3 Å². The molecule has 0 saturated heterocycles. The molecule has 0 amide bonds. The normalized spacial score (nSPS) is 13.7. The van der Waals surface area contributed by atoms with E-state index in [9.17, 15) is 0 Å². The van der Waals surface area contributed by atoms with E-state index in [1.165, 1.54) is 0 Å². The van der Waals surface area contributed by atoms with E-state index < -0.39 is 0 Å². The summed E-state index contributed by atoms with van der Waals surface area (Å²) in [5.74, 6) is 5.41. The van der Waals surface area contributed by atoms with Crippen molar-refractivity contribution in [2.75, 3.05) is 13.2 Å². The van der Waals surface area contributed by atoms with Gasteiger partial charge >= 0.3 is 0 Å². The van der Waals surface area contributed by atoms with Crippen molar-refractivity contribution in [3.63, 3.8) is 0 Å². The zero-order valence-corrected chi connectivity index (χ0v) is 5.93. The lowest BCUT2D eigenvalue weighted by Crippen LogP contribution is -2.30. The van der Waals surface area contributed by atoms with Gasteiger partial charge in [-0.2, -0.15) is 0 Å². The van der Waals surface area contributed by atoms with Gasteiger partial charge in [0.15, 0.2) is 0 Å². The second-order valence-corrected chi connectivity index (χ2v) is 2.25. The number of aliphatic hydroxyl groups is 1. The number of rotatable bonds is 5. The Morgan fingerprint density at radius 1 is 1.67 bits per heavy atom. The molecule has 0 saturated carbocycles. The number of hydrogen-bond donors (Lipinski definition) is 3. The van der Waals surface area contributed by atoms with Gasteiger partial charge in [0.05, 0.1) is 0 Å². The first-order valence-corrected chi connectivity index (χ1v) is 3.39. The molecule has 0 rings (SSSR count). The lowest BCUT2D eigenvalue weighted by Gasteiger charge is -2.10. The van der Waals surface area contributed by atoms with E-state index in [4.69, 9.17) is 10.9 Å². The lowest BCUT2D eigenvalue weighted by atomic mass is 10.1. The molecule has 0 aromatic heterocycles. The highest BCUT2D eigenvalue weighted by molar-refractivity contribution is 4.56. The molecule has 56 valence electrons. The van der Waals surface area contributed by atoms with Crippen molar-refractivity contribution < 1.29 is 5.11 Å². The topological polar surface area (TPSA) is 58.3 Å². The SMILES string of the molecule is CCCC(CO)CNN. The number of nitrogens with two attached hydrogens (primary N) is 1. The Morgan fingerprint density at radius 2 is 2.33 bits per heavy atom. The van der Waals surface area contributed by atoms with Crippen LogP contribution in [0.4, 0.5) is 0 Å². The number of hydrogen-bond acceptors (Lipinski definition) is 3. The molecule has 0 heterocycles. The van der Waals surface area contributed by atoms with Gasteiger partial charge in [0, 0.05) is 13.2 Å². The van der Waals surface area contributed by atoms with Crippen molar-refractivity contribution in [1.29, 1.82) is 0 Å². The predicted molar refractivity (Wildman–Crippen MR) is 37.7 cm³/mol. The van der Waals surface area contributed by atoms with E-state index in [2.05, 4.69) is 12.3 Å². The Bertz CT molecular complexity index is 53.0. The molecule has 0 bridgehead atoms. The monoisotopic (exact) mass is 132 g/mol. The molecule has 1 unspecified atom stereocenters. The highest BCUT2D eigenvalue weighted by atomic mass is 16.3. The number of aliphatic hydroxyl groups excluding tert-OH is 1. The Balaban J connectivity index is 3.18. The van der Waals surface area contributed by atoms with E-state index in [0.717, 1.165) is 12.8 Å². The summed E-state index contributed by atoms with van der Waals surface area (Å²) >= 11 is 0. The summed E-state index contributed by atoms with van der Waals surface area (Å²) in [6.07, 6.45) is 2.15. The van der Waals surface area contributed by atoms with Crippen LogP contribution in [0.15, 0.2) is 0 Å². The van der Waals surface area contributed by atoms with Gasteiger partial charge in [0.2, 0.25) is 0 Å². The minimum atomic E-state index is 0.234. The molecule has 0 aliphatic heterocycles. The molecule has 0 fully saturated rings. The van der Waals surface area contributed by atoms with Gasteiger partial charge < -0.3 is 5.11 Å². The fourth-order valence-corrected chi connectivity index (χ4v) is 0.833. The Morgan fingerprint density at radius 3 is 2.67 bits per heavy atom. The van der Waals surface area contributed by atoms with Crippen LogP contribution in [-0.4, -0.2) is 18.3 Å². The minimum absolute atomic E-state index is 0.234. The summed E-state index contributed by atoms with van der Waals surface area (Å²) in [7, 11) is 0. The quantitative estimate of drug-likeness (QED) is 0.360. The Hall–Kier alpha value is -0.120. The van der Waals surface area contributed by atoms with E-state index in [1.807, 2.05) is 0 Å². The third kappa shape index (κ3) is 4.39. The molecule has 0 radical (unpaired) electrons. The van der Waals surface area contributed by atoms with E-state index in [0.29, 0.717) is 12.5 Å². The van der Waals surface area contributed by atoms with Crippen molar-refractivity contribution in [3.8, 4) is 0 Å². The fraction of sp³-hybridized carbons (Fsp3) is 1.00. The summed E-state index contributed by atoms with van der Waals surface area (Å²) in [4.78, 5) is 0. The summed E-state index contributed by atoms with van der Waals surface area (Å²) in [6, 6.07) is 0. The zero-order chi connectivity index (χ0) is 7.11. The fourth-order valence-electron chi connectivity index (χ4n) is 0.833. The highest BCUT2D eigenvalue weighted by Crippen LogP contribution is 2.02. The Labute approximate surface area is 56.2 Å². The molecular weight excluding hydrogens is 116 g/mol. The lowest BCUT2D eigenvalue weighted by molar-refractivity contribution is 0.214. The van der Waals surface area contributed by atoms with Crippen molar-refractivity contribution in [2.45, 2.75) is 19.8 Å². The van der Waals surface area contributed by atoms with Crippen LogP contribution >= 0.6 is 0 Å². The molecule has 9 heavy (non-hydrogen) atoms. The van der Waals surface area contributed by atoms with Crippen LogP contribution in [0.2, 0.25) is 0 Å². The van der Waals surface area contributed by atoms with Crippen LogP contribution < -0.4 is 11.3 Å². The zero-order valence-electron chi connectivity index (χ0n) is 5.93. The highest BCUT2D eigenvalue weighted by Gasteiger charge is 2.02. The summed E-state index contributed by atoms with van der Waals surface area (Å²) in [5.41, 5.74) is 2.54.